The average molecular weight is 269 g/mol. The van der Waals surface area contributed by atoms with E-state index in [9.17, 15) is 0 Å². The minimum Gasteiger partial charge on any atom is -0.370 e. The molecule has 0 aliphatic heterocycles. The Hall–Kier alpha value is -2.14. The van der Waals surface area contributed by atoms with Crippen LogP contribution in [0.15, 0.2) is 36.7 Å². The van der Waals surface area contributed by atoms with Crippen molar-refractivity contribution in [1.82, 2.24) is 9.97 Å². The molecule has 5 heteroatoms. The van der Waals surface area contributed by atoms with Gasteiger partial charge in [-0.05, 0) is 36.5 Å². The zero-order valence-corrected chi connectivity index (χ0v) is 11.3. The molecule has 0 amide bonds. The number of rotatable bonds is 6. The van der Waals surface area contributed by atoms with Gasteiger partial charge in [0.1, 0.15) is 18.0 Å². The molecular formula is C15H19N5. The Bertz CT molecular complexity index is 580. The van der Waals surface area contributed by atoms with Gasteiger partial charge in [0.15, 0.2) is 0 Å². The molecule has 1 fully saturated rings. The third-order valence-electron chi connectivity index (χ3n) is 3.37. The normalized spacial score (nSPS) is 14.1. The topological polar surface area (TPSA) is 75.9 Å². The van der Waals surface area contributed by atoms with E-state index < -0.39 is 0 Å². The van der Waals surface area contributed by atoms with Crippen molar-refractivity contribution in [2.45, 2.75) is 19.4 Å². The van der Waals surface area contributed by atoms with Crippen molar-refractivity contribution in [2.24, 2.45) is 11.7 Å². The van der Waals surface area contributed by atoms with E-state index >= 15 is 0 Å². The molecule has 2 aromatic rings. The van der Waals surface area contributed by atoms with Gasteiger partial charge in [-0.1, -0.05) is 12.1 Å². The number of anilines is 3. The molecule has 0 spiro atoms. The maximum atomic E-state index is 5.65. The van der Waals surface area contributed by atoms with Crippen molar-refractivity contribution < 1.29 is 0 Å². The van der Waals surface area contributed by atoms with Gasteiger partial charge < -0.3 is 16.4 Å². The molecule has 0 radical (unpaired) electrons. The molecule has 5 nitrogen and oxygen atoms in total. The smallest absolute Gasteiger partial charge is 0.135 e. The first-order valence-corrected chi connectivity index (χ1v) is 6.95. The van der Waals surface area contributed by atoms with Gasteiger partial charge in [-0.25, -0.2) is 9.97 Å². The third-order valence-corrected chi connectivity index (χ3v) is 3.37. The molecule has 0 atom stereocenters. The molecule has 1 aliphatic carbocycles. The van der Waals surface area contributed by atoms with Crippen LogP contribution < -0.4 is 16.4 Å². The summed E-state index contributed by atoms with van der Waals surface area (Å²) in [6.07, 6.45) is 4.23. The average Bonchev–Trinajstić information content (AvgIpc) is 3.30. The van der Waals surface area contributed by atoms with Crippen LogP contribution in [0.2, 0.25) is 0 Å². The summed E-state index contributed by atoms with van der Waals surface area (Å²) in [5.41, 5.74) is 7.73. The molecule has 4 N–H and O–H groups in total. The first-order valence-electron chi connectivity index (χ1n) is 6.95. The fraction of sp³-hybridized carbons (Fsp3) is 0.333. The number of hydrogen-bond acceptors (Lipinski definition) is 5. The summed E-state index contributed by atoms with van der Waals surface area (Å²) < 4.78 is 0. The molecule has 1 aromatic heterocycles. The van der Waals surface area contributed by atoms with E-state index in [2.05, 4.69) is 20.6 Å². The van der Waals surface area contributed by atoms with Crippen LogP contribution in [0.3, 0.4) is 0 Å². The second-order valence-electron chi connectivity index (χ2n) is 5.14. The summed E-state index contributed by atoms with van der Waals surface area (Å²) in [6, 6.07) is 9.95. The number of nitrogens with one attached hydrogen (secondary N) is 2. The molecule has 104 valence electrons. The molecule has 1 heterocycles. The van der Waals surface area contributed by atoms with Gasteiger partial charge in [-0.2, -0.15) is 0 Å². The fourth-order valence-electron chi connectivity index (χ4n) is 2.02. The van der Waals surface area contributed by atoms with Crippen LogP contribution in [0, 0.1) is 5.92 Å². The van der Waals surface area contributed by atoms with Gasteiger partial charge in [0.05, 0.1) is 0 Å². The van der Waals surface area contributed by atoms with Gasteiger partial charge in [-0.3, -0.25) is 0 Å². The molecule has 0 bridgehead atoms. The van der Waals surface area contributed by atoms with E-state index in [1.807, 2.05) is 30.3 Å². The highest BCUT2D eigenvalue weighted by atomic mass is 15.1. The summed E-state index contributed by atoms with van der Waals surface area (Å²) in [6.45, 7) is 1.53. The molecular weight excluding hydrogens is 250 g/mol. The van der Waals surface area contributed by atoms with Crippen molar-refractivity contribution in [3.8, 4) is 0 Å². The van der Waals surface area contributed by atoms with Crippen LogP contribution in [-0.2, 0) is 6.54 Å². The Morgan fingerprint density at radius 3 is 2.80 bits per heavy atom. The van der Waals surface area contributed by atoms with Gasteiger partial charge in [0.25, 0.3) is 0 Å². The second-order valence-corrected chi connectivity index (χ2v) is 5.14. The largest absolute Gasteiger partial charge is 0.370 e. The zero-order valence-electron chi connectivity index (χ0n) is 11.3. The predicted octanol–water partition coefficient (Wildman–Crippen LogP) is 2.50. The van der Waals surface area contributed by atoms with Crippen LogP contribution in [0.1, 0.15) is 18.4 Å². The minimum atomic E-state index is 0.535. The van der Waals surface area contributed by atoms with E-state index in [0.29, 0.717) is 6.54 Å². The lowest BCUT2D eigenvalue weighted by atomic mass is 10.2. The summed E-state index contributed by atoms with van der Waals surface area (Å²) in [5.74, 6) is 2.47. The van der Waals surface area contributed by atoms with Gasteiger partial charge in [-0.15, -0.1) is 0 Å². The second kappa shape index (κ2) is 5.88. The quantitative estimate of drug-likeness (QED) is 0.751. The first kappa shape index (κ1) is 12.9. The zero-order chi connectivity index (χ0) is 13.8. The predicted molar refractivity (Wildman–Crippen MR) is 80.9 cm³/mol. The van der Waals surface area contributed by atoms with Crippen LogP contribution in [0.5, 0.6) is 0 Å². The standard InChI is InChI=1S/C15H19N5/c16-8-12-2-1-3-13(6-12)20-15-7-14(18-10-19-15)17-9-11-4-5-11/h1-3,6-7,10-11H,4-5,8-9,16H2,(H2,17,18,19,20). The van der Waals surface area contributed by atoms with Crippen molar-refractivity contribution in [1.29, 1.82) is 0 Å². The van der Waals surface area contributed by atoms with Crippen molar-refractivity contribution in [3.05, 3.63) is 42.2 Å². The van der Waals surface area contributed by atoms with Gasteiger partial charge in [0, 0.05) is 24.8 Å². The van der Waals surface area contributed by atoms with E-state index in [1.165, 1.54) is 12.8 Å². The number of nitrogens with two attached hydrogens (primary N) is 1. The third kappa shape index (κ3) is 3.45. The van der Waals surface area contributed by atoms with Crippen LogP contribution in [0.4, 0.5) is 17.3 Å². The van der Waals surface area contributed by atoms with E-state index in [-0.39, 0.29) is 0 Å². The molecule has 1 aromatic carbocycles. The van der Waals surface area contributed by atoms with Crippen molar-refractivity contribution in [2.75, 3.05) is 17.2 Å². The van der Waals surface area contributed by atoms with Gasteiger partial charge >= 0.3 is 0 Å². The summed E-state index contributed by atoms with van der Waals surface area (Å²) in [5, 5.41) is 6.62. The summed E-state index contributed by atoms with van der Waals surface area (Å²) in [7, 11) is 0. The first-order chi connectivity index (χ1) is 9.83. The monoisotopic (exact) mass is 269 g/mol. The summed E-state index contributed by atoms with van der Waals surface area (Å²) in [4.78, 5) is 8.47. The summed E-state index contributed by atoms with van der Waals surface area (Å²) >= 11 is 0. The molecule has 1 saturated carbocycles. The Balaban J connectivity index is 1.67. The van der Waals surface area contributed by atoms with Crippen LogP contribution in [-0.4, -0.2) is 16.5 Å². The van der Waals surface area contributed by atoms with E-state index in [1.54, 1.807) is 6.33 Å². The SMILES string of the molecule is NCc1cccc(Nc2cc(NCC3CC3)ncn2)c1. The molecule has 3 rings (SSSR count). The maximum Gasteiger partial charge on any atom is 0.135 e. The van der Waals surface area contributed by atoms with Crippen LogP contribution >= 0.6 is 0 Å². The molecule has 0 unspecified atom stereocenters. The number of benzene rings is 1. The highest BCUT2D eigenvalue weighted by molar-refractivity contribution is 5.59. The van der Waals surface area contributed by atoms with E-state index in [0.717, 1.165) is 35.3 Å². The molecule has 20 heavy (non-hydrogen) atoms. The highest BCUT2D eigenvalue weighted by Gasteiger charge is 2.20. The van der Waals surface area contributed by atoms with E-state index in [4.69, 9.17) is 5.73 Å². The molecule has 0 saturated heterocycles. The van der Waals surface area contributed by atoms with Crippen molar-refractivity contribution in [3.63, 3.8) is 0 Å². The lowest BCUT2D eigenvalue weighted by molar-refractivity contribution is 0.881. The molecule has 1 aliphatic rings. The Kier molecular flexibility index (Phi) is 3.78. The van der Waals surface area contributed by atoms with Crippen molar-refractivity contribution >= 4 is 17.3 Å². The lowest BCUT2D eigenvalue weighted by Gasteiger charge is -2.09. The Morgan fingerprint density at radius 2 is 2.00 bits per heavy atom. The lowest BCUT2D eigenvalue weighted by Crippen LogP contribution is -2.06. The highest BCUT2D eigenvalue weighted by Crippen LogP contribution is 2.28. The maximum absolute atomic E-state index is 5.65. The van der Waals surface area contributed by atoms with Gasteiger partial charge in [0.2, 0.25) is 0 Å². The minimum absolute atomic E-state index is 0.535. The van der Waals surface area contributed by atoms with Crippen LogP contribution in [0.25, 0.3) is 0 Å². The number of nitrogens with zero attached hydrogens (tertiary/aromatic N) is 2. The Morgan fingerprint density at radius 1 is 1.15 bits per heavy atom. The Labute approximate surface area is 118 Å². The fourth-order valence-corrected chi connectivity index (χ4v) is 2.02. The number of hydrogen-bond donors (Lipinski definition) is 3. The number of aromatic nitrogens is 2.